The van der Waals surface area contributed by atoms with Gasteiger partial charge < -0.3 is 49.1 Å². The highest BCUT2D eigenvalue weighted by Crippen LogP contribution is 2.04. The lowest BCUT2D eigenvalue weighted by atomic mass is 10.1. The first-order valence-corrected chi connectivity index (χ1v) is 10.7. The number of aliphatic hydroxyl groups is 1. The molecule has 0 bridgehead atoms. The van der Waals surface area contributed by atoms with Crippen LogP contribution in [0.25, 0.3) is 0 Å². The van der Waals surface area contributed by atoms with Gasteiger partial charge in [0.2, 0.25) is 29.5 Å². The molecule has 15 heteroatoms. The molecule has 13 N–H and O–H groups in total. The summed E-state index contributed by atoms with van der Waals surface area (Å²) >= 11 is 0. The summed E-state index contributed by atoms with van der Waals surface area (Å²) in [5, 5.41) is 25.4. The number of carbonyl (C=O) groups excluding carboxylic acids is 5. The number of carboxylic acids is 1. The molecule has 0 aromatic carbocycles. The molecule has 15 nitrogen and oxygen atoms in total. The quantitative estimate of drug-likeness (QED) is 0.0831. The Morgan fingerprint density at radius 1 is 0.706 bits per heavy atom. The van der Waals surface area contributed by atoms with Crippen LogP contribution in [0.2, 0.25) is 0 Å². The number of hydrogen-bond acceptors (Lipinski definition) is 9. The van der Waals surface area contributed by atoms with Crippen molar-refractivity contribution in [3.05, 3.63) is 0 Å². The second-order valence-corrected chi connectivity index (χ2v) is 7.61. The molecule has 0 saturated carbocycles. The minimum absolute atomic E-state index is 0.292. The van der Waals surface area contributed by atoms with Crippen LogP contribution in [0.4, 0.5) is 0 Å². The molecule has 0 aliphatic heterocycles. The predicted octanol–water partition coefficient (Wildman–Crippen LogP) is -4.50. The van der Waals surface area contributed by atoms with Crippen molar-refractivity contribution in [3.8, 4) is 0 Å². The molecule has 0 aromatic rings. The number of unbranched alkanes of at least 4 members (excludes halogenated alkanes) is 1. The number of aliphatic hydroxyl groups excluding tert-OH is 1. The maximum Gasteiger partial charge on any atom is 0.326 e. The van der Waals surface area contributed by atoms with Crippen molar-refractivity contribution in [3.63, 3.8) is 0 Å². The van der Waals surface area contributed by atoms with Gasteiger partial charge in [-0.15, -0.1) is 0 Å². The molecule has 5 amide bonds. The zero-order valence-electron chi connectivity index (χ0n) is 18.8. The molecule has 0 heterocycles. The van der Waals surface area contributed by atoms with Gasteiger partial charge in [-0.05, 0) is 32.2 Å². The smallest absolute Gasteiger partial charge is 0.326 e. The summed E-state index contributed by atoms with van der Waals surface area (Å²) in [4.78, 5) is 70.8. The first-order chi connectivity index (χ1) is 15.9. The zero-order chi connectivity index (χ0) is 26.3. The van der Waals surface area contributed by atoms with Crippen LogP contribution in [0.1, 0.15) is 44.9 Å². The van der Waals surface area contributed by atoms with Gasteiger partial charge in [0.05, 0.1) is 12.6 Å². The van der Waals surface area contributed by atoms with E-state index in [0.717, 1.165) is 0 Å². The summed E-state index contributed by atoms with van der Waals surface area (Å²) in [7, 11) is 0. The van der Waals surface area contributed by atoms with Crippen LogP contribution < -0.4 is 38.9 Å². The second-order valence-electron chi connectivity index (χ2n) is 7.61. The van der Waals surface area contributed by atoms with Crippen LogP contribution in [-0.4, -0.2) is 83.0 Å². The molecule has 34 heavy (non-hydrogen) atoms. The van der Waals surface area contributed by atoms with Gasteiger partial charge in [0, 0.05) is 12.8 Å². The van der Waals surface area contributed by atoms with Crippen LogP contribution in [0.3, 0.4) is 0 Å². The molecule has 194 valence electrons. The number of amides is 5. The van der Waals surface area contributed by atoms with Gasteiger partial charge in [-0.1, -0.05) is 6.42 Å². The van der Waals surface area contributed by atoms with E-state index in [0.29, 0.717) is 25.8 Å². The topological polar surface area (TPSA) is 283 Å². The molecule has 0 aliphatic carbocycles. The van der Waals surface area contributed by atoms with Crippen molar-refractivity contribution in [1.82, 2.24) is 16.0 Å². The van der Waals surface area contributed by atoms with E-state index in [1.165, 1.54) is 0 Å². The van der Waals surface area contributed by atoms with Gasteiger partial charge in [-0.25, -0.2) is 4.79 Å². The van der Waals surface area contributed by atoms with Gasteiger partial charge in [0.25, 0.3) is 0 Å². The van der Waals surface area contributed by atoms with Crippen LogP contribution in [0, 0.1) is 0 Å². The fourth-order valence-corrected chi connectivity index (χ4v) is 2.76. The second kappa shape index (κ2) is 16.3. The Morgan fingerprint density at radius 3 is 1.65 bits per heavy atom. The highest BCUT2D eigenvalue weighted by atomic mass is 16.4. The van der Waals surface area contributed by atoms with Crippen molar-refractivity contribution < 1.29 is 39.0 Å². The number of nitrogens with one attached hydrogen (secondary N) is 3. The molecular weight excluding hydrogens is 454 g/mol. The number of rotatable bonds is 18. The van der Waals surface area contributed by atoms with Crippen molar-refractivity contribution in [2.75, 3.05) is 13.2 Å². The van der Waals surface area contributed by atoms with Gasteiger partial charge in [0.15, 0.2) is 0 Å². The molecule has 0 rings (SSSR count). The Balaban J connectivity index is 5.27. The Bertz CT molecular complexity index is 733. The summed E-state index contributed by atoms with van der Waals surface area (Å²) in [6.07, 6.45) is 0.285. The van der Waals surface area contributed by atoms with Gasteiger partial charge in [-0.2, -0.15) is 0 Å². The molecule has 4 atom stereocenters. The monoisotopic (exact) mass is 489 g/mol. The highest BCUT2D eigenvalue weighted by molar-refractivity contribution is 5.94. The lowest BCUT2D eigenvalue weighted by Crippen LogP contribution is -2.58. The Labute approximate surface area is 196 Å². The maximum absolute atomic E-state index is 12.6. The van der Waals surface area contributed by atoms with Crippen molar-refractivity contribution in [2.24, 2.45) is 22.9 Å². The molecule has 0 fully saturated rings. The summed E-state index contributed by atoms with van der Waals surface area (Å²) in [5.74, 6) is -5.67. The van der Waals surface area contributed by atoms with E-state index >= 15 is 0 Å². The third-order valence-corrected chi connectivity index (χ3v) is 4.73. The molecule has 0 radical (unpaired) electrons. The average molecular weight is 490 g/mol. The SMILES string of the molecule is NCCCCC(N)C(=O)NC(CO)C(=O)NC(CCC(N)=O)C(=O)NC(CCC(N)=O)C(=O)O. The van der Waals surface area contributed by atoms with Crippen LogP contribution in [-0.2, 0) is 28.8 Å². The molecule has 0 spiro atoms. The van der Waals surface area contributed by atoms with Gasteiger partial charge in [-0.3, -0.25) is 24.0 Å². The fraction of sp³-hybridized carbons (Fsp3) is 0.684. The molecular formula is C19H35N7O8. The lowest BCUT2D eigenvalue weighted by molar-refractivity contribution is -0.142. The lowest BCUT2D eigenvalue weighted by Gasteiger charge is -2.24. The van der Waals surface area contributed by atoms with E-state index in [4.69, 9.17) is 22.9 Å². The van der Waals surface area contributed by atoms with Crippen LogP contribution >= 0.6 is 0 Å². The number of carboxylic acid groups (broad SMARTS) is 1. The van der Waals surface area contributed by atoms with Gasteiger partial charge >= 0.3 is 5.97 Å². The predicted molar refractivity (Wildman–Crippen MR) is 118 cm³/mol. The molecule has 0 aliphatic rings. The minimum atomic E-state index is -1.49. The fourth-order valence-electron chi connectivity index (χ4n) is 2.76. The van der Waals surface area contributed by atoms with E-state index in [9.17, 15) is 39.0 Å². The minimum Gasteiger partial charge on any atom is -0.480 e. The van der Waals surface area contributed by atoms with Gasteiger partial charge in [0.1, 0.15) is 18.1 Å². The Hall–Kier alpha value is -3.30. The van der Waals surface area contributed by atoms with E-state index in [-0.39, 0.29) is 25.7 Å². The van der Waals surface area contributed by atoms with Crippen LogP contribution in [0.5, 0.6) is 0 Å². The average Bonchev–Trinajstić information content (AvgIpc) is 2.76. The van der Waals surface area contributed by atoms with E-state index in [1.54, 1.807) is 0 Å². The van der Waals surface area contributed by atoms with Crippen molar-refractivity contribution >= 4 is 35.5 Å². The summed E-state index contributed by atoms with van der Waals surface area (Å²) in [6, 6.07) is -5.35. The van der Waals surface area contributed by atoms with E-state index in [2.05, 4.69) is 16.0 Å². The third kappa shape index (κ3) is 12.7. The molecule has 0 aromatic heterocycles. The van der Waals surface area contributed by atoms with Crippen molar-refractivity contribution in [1.29, 1.82) is 0 Å². The Kier molecular flexibility index (Phi) is 14.7. The number of carbonyl (C=O) groups is 6. The zero-order valence-corrected chi connectivity index (χ0v) is 18.8. The summed E-state index contributed by atoms with van der Waals surface area (Å²) in [5.41, 5.74) is 21.2. The summed E-state index contributed by atoms with van der Waals surface area (Å²) in [6.45, 7) is -0.399. The maximum atomic E-state index is 12.6. The standard InChI is InChI=1S/C19H35N7O8/c20-8-2-1-3-10(21)16(30)26-13(9-27)18(32)24-11(4-6-14(22)28)17(31)25-12(19(33)34)5-7-15(23)29/h10-13,27H,1-9,20-21H2,(H2,22,28)(H2,23,29)(H,24,32)(H,25,31)(H,26,30)(H,33,34). The highest BCUT2D eigenvalue weighted by Gasteiger charge is 2.30. The number of aliphatic carboxylic acids is 1. The number of nitrogens with two attached hydrogens (primary N) is 4. The third-order valence-electron chi connectivity index (χ3n) is 4.73. The van der Waals surface area contributed by atoms with Crippen molar-refractivity contribution in [2.45, 2.75) is 69.1 Å². The largest absolute Gasteiger partial charge is 0.480 e. The van der Waals surface area contributed by atoms with E-state index in [1.807, 2.05) is 0 Å². The number of primary amides is 2. The molecule has 4 unspecified atom stereocenters. The van der Waals surface area contributed by atoms with E-state index < -0.39 is 66.3 Å². The first kappa shape index (κ1) is 30.7. The van der Waals surface area contributed by atoms with Crippen LogP contribution in [0.15, 0.2) is 0 Å². The molecule has 0 saturated heterocycles. The first-order valence-electron chi connectivity index (χ1n) is 10.7. The number of hydrogen-bond donors (Lipinski definition) is 9. The summed E-state index contributed by atoms with van der Waals surface area (Å²) < 4.78 is 0. The Morgan fingerprint density at radius 2 is 1.18 bits per heavy atom. The normalized spacial score (nSPS) is 14.2.